The van der Waals surface area contributed by atoms with E-state index in [-0.39, 0.29) is 6.04 Å². The molecule has 0 aromatic carbocycles. The molecule has 0 aliphatic heterocycles. The predicted molar refractivity (Wildman–Crippen MR) is 55.7 cm³/mol. The van der Waals surface area contributed by atoms with Gasteiger partial charge in [-0.15, -0.1) is 0 Å². The third-order valence-corrected chi connectivity index (χ3v) is 1.86. The highest BCUT2D eigenvalue weighted by molar-refractivity contribution is 5.38. The summed E-state index contributed by atoms with van der Waals surface area (Å²) in [7, 11) is 0. The van der Waals surface area contributed by atoms with Crippen LogP contribution in [0.1, 0.15) is 19.0 Å². The number of rotatable bonds is 4. The molecule has 3 N–H and O–H groups in total. The molecule has 0 amide bonds. The fraction of sp³-hybridized carbons (Fsp3) is 0.400. The van der Waals surface area contributed by atoms with Crippen LogP contribution in [0.15, 0.2) is 18.2 Å². The quantitative estimate of drug-likeness (QED) is 0.745. The molecule has 0 aliphatic carbocycles. The van der Waals surface area contributed by atoms with Gasteiger partial charge in [0.1, 0.15) is 17.6 Å². The number of nitrogens with one attached hydrogen (secondary N) is 1. The van der Waals surface area contributed by atoms with Crippen molar-refractivity contribution in [3.63, 3.8) is 0 Å². The van der Waals surface area contributed by atoms with Crippen molar-refractivity contribution in [2.24, 2.45) is 5.73 Å². The maximum Gasteiger partial charge on any atom is 0.142 e. The van der Waals surface area contributed by atoms with Crippen LogP contribution in [0, 0.1) is 11.3 Å². The van der Waals surface area contributed by atoms with E-state index in [1.807, 2.05) is 25.1 Å². The third kappa shape index (κ3) is 3.04. The molecule has 1 aromatic rings. The van der Waals surface area contributed by atoms with E-state index in [0.717, 1.165) is 12.2 Å². The highest BCUT2D eigenvalue weighted by Gasteiger charge is 2.01. The Labute approximate surface area is 83.8 Å². The highest BCUT2D eigenvalue weighted by Crippen LogP contribution is 2.06. The summed E-state index contributed by atoms with van der Waals surface area (Å²) in [5.41, 5.74) is 5.85. The molecule has 1 heterocycles. The van der Waals surface area contributed by atoms with Crippen LogP contribution < -0.4 is 11.1 Å². The van der Waals surface area contributed by atoms with E-state index in [4.69, 9.17) is 11.0 Å². The second-order valence-corrected chi connectivity index (χ2v) is 3.14. The second kappa shape index (κ2) is 5.20. The molecule has 14 heavy (non-hydrogen) atoms. The fourth-order valence-electron chi connectivity index (χ4n) is 1.15. The van der Waals surface area contributed by atoms with Crippen LogP contribution in [0.3, 0.4) is 0 Å². The summed E-state index contributed by atoms with van der Waals surface area (Å²) in [4.78, 5) is 4.10. The second-order valence-electron chi connectivity index (χ2n) is 3.14. The minimum absolute atomic E-state index is 0.279. The molecular formula is C10H14N4. The van der Waals surface area contributed by atoms with Crippen LogP contribution in [-0.4, -0.2) is 17.6 Å². The molecule has 0 fully saturated rings. The summed E-state index contributed by atoms with van der Waals surface area (Å²) in [6.07, 6.45) is 0.887. The van der Waals surface area contributed by atoms with Gasteiger partial charge in [-0.25, -0.2) is 4.98 Å². The average Bonchev–Trinajstić information content (AvgIpc) is 2.18. The highest BCUT2D eigenvalue weighted by atomic mass is 15.0. The van der Waals surface area contributed by atoms with E-state index in [2.05, 4.69) is 10.3 Å². The number of nitriles is 1. The molecule has 1 aromatic heterocycles. The Kier molecular flexibility index (Phi) is 3.89. The Morgan fingerprint density at radius 1 is 1.64 bits per heavy atom. The van der Waals surface area contributed by atoms with Gasteiger partial charge in [-0.05, 0) is 32.0 Å². The molecule has 4 heteroatoms. The van der Waals surface area contributed by atoms with E-state index < -0.39 is 0 Å². The zero-order valence-corrected chi connectivity index (χ0v) is 8.20. The molecule has 1 rings (SSSR count). The number of hydrogen-bond donors (Lipinski definition) is 2. The lowest BCUT2D eigenvalue weighted by atomic mass is 10.2. The van der Waals surface area contributed by atoms with Crippen molar-refractivity contribution in [3.05, 3.63) is 23.9 Å². The zero-order valence-electron chi connectivity index (χ0n) is 8.20. The van der Waals surface area contributed by atoms with Gasteiger partial charge < -0.3 is 11.1 Å². The maximum atomic E-state index is 8.64. The maximum absolute atomic E-state index is 8.64. The molecule has 1 unspecified atom stereocenters. The number of aromatic nitrogens is 1. The molecule has 0 radical (unpaired) electrons. The van der Waals surface area contributed by atoms with Crippen molar-refractivity contribution in [1.82, 2.24) is 4.98 Å². The standard InChI is InChI=1S/C10H14N4/c1-8(5-6-11)13-10-4-2-3-9(7-12)14-10/h2-4,8H,5-6,11H2,1H3,(H,13,14). The van der Waals surface area contributed by atoms with E-state index in [1.165, 1.54) is 0 Å². The van der Waals surface area contributed by atoms with E-state index >= 15 is 0 Å². The van der Waals surface area contributed by atoms with Crippen LogP contribution in [0.2, 0.25) is 0 Å². The number of nitrogens with zero attached hydrogens (tertiary/aromatic N) is 2. The van der Waals surface area contributed by atoms with E-state index in [1.54, 1.807) is 6.07 Å². The van der Waals surface area contributed by atoms with Crippen LogP contribution >= 0.6 is 0 Å². The van der Waals surface area contributed by atoms with Crippen molar-refractivity contribution in [2.45, 2.75) is 19.4 Å². The lowest BCUT2D eigenvalue weighted by molar-refractivity contribution is 0.713. The lowest BCUT2D eigenvalue weighted by Crippen LogP contribution is -2.20. The van der Waals surface area contributed by atoms with Gasteiger partial charge in [0.2, 0.25) is 0 Å². The summed E-state index contributed by atoms with van der Waals surface area (Å²) in [6.45, 7) is 2.68. The largest absolute Gasteiger partial charge is 0.368 e. The van der Waals surface area contributed by atoms with Gasteiger partial charge in [0.05, 0.1) is 0 Å². The van der Waals surface area contributed by atoms with Crippen LogP contribution in [0.25, 0.3) is 0 Å². The van der Waals surface area contributed by atoms with Crippen LogP contribution in [0.5, 0.6) is 0 Å². The molecular weight excluding hydrogens is 176 g/mol. The van der Waals surface area contributed by atoms with Gasteiger partial charge >= 0.3 is 0 Å². The van der Waals surface area contributed by atoms with Gasteiger partial charge in [0.15, 0.2) is 0 Å². The van der Waals surface area contributed by atoms with Gasteiger partial charge in [0, 0.05) is 6.04 Å². The third-order valence-electron chi connectivity index (χ3n) is 1.86. The van der Waals surface area contributed by atoms with Crippen molar-refractivity contribution in [3.8, 4) is 6.07 Å². The zero-order chi connectivity index (χ0) is 10.4. The Bertz CT molecular complexity index is 329. The molecule has 0 saturated carbocycles. The predicted octanol–water partition coefficient (Wildman–Crippen LogP) is 1.10. The molecule has 0 bridgehead atoms. The minimum Gasteiger partial charge on any atom is -0.368 e. The smallest absolute Gasteiger partial charge is 0.142 e. The molecule has 0 aliphatic rings. The van der Waals surface area contributed by atoms with Gasteiger partial charge in [-0.3, -0.25) is 0 Å². The fourth-order valence-corrected chi connectivity index (χ4v) is 1.15. The summed E-state index contributed by atoms with van der Waals surface area (Å²) >= 11 is 0. The van der Waals surface area contributed by atoms with E-state index in [0.29, 0.717) is 12.2 Å². The first-order chi connectivity index (χ1) is 6.76. The average molecular weight is 190 g/mol. The molecule has 74 valence electrons. The van der Waals surface area contributed by atoms with Gasteiger partial charge in [-0.1, -0.05) is 6.07 Å². The normalized spacial score (nSPS) is 11.8. The van der Waals surface area contributed by atoms with Crippen LogP contribution in [0.4, 0.5) is 5.82 Å². The summed E-state index contributed by atoms with van der Waals surface area (Å²) in [6, 6.07) is 7.60. The molecule has 1 atom stereocenters. The first kappa shape index (κ1) is 10.5. The monoisotopic (exact) mass is 190 g/mol. The number of hydrogen-bond acceptors (Lipinski definition) is 4. The topological polar surface area (TPSA) is 74.7 Å². The minimum atomic E-state index is 0.279. The SMILES string of the molecule is CC(CCN)Nc1cccc(C#N)n1. The van der Waals surface area contributed by atoms with Crippen molar-refractivity contribution < 1.29 is 0 Å². The lowest BCUT2D eigenvalue weighted by Gasteiger charge is -2.12. The van der Waals surface area contributed by atoms with Crippen molar-refractivity contribution in [2.75, 3.05) is 11.9 Å². The Morgan fingerprint density at radius 3 is 3.07 bits per heavy atom. The molecule has 0 spiro atoms. The van der Waals surface area contributed by atoms with Crippen molar-refractivity contribution in [1.29, 1.82) is 5.26 Å². The molecule has 0 saturated heterocycles. The summed E-state index contributed by atoms with van der Waals surface area (Å²) < 4.78 is 0. The number of pyridine rings is 1. The summed E-state index contributed by atoms with van der Waals surface area (Å²) in [5.74, 6) is 0.727. The van der Waals surface area contributed by atoms with Gasteiger partial charge in [-0.2, -0.15) is 5.26 Å². The first-order valence-corrected chi connectivity index (χ1v) is 4.60. The van der Waals surface area contributed by atoms with Gasteiger partial charge in [0.25, 0.3) is 0 Å². The van der Waals surface area contributed by atoms with E-state index in [9.17, 15) is 0 Å². The first-order valence-electron chi connectivity index (χ1n) is 4.60. The summed E-state index contributed by atoms with van der Waals surface area (Å²) in [5, 5.41) is 11.8. The van der Waals surface area contributed by atoms with Crippen LogP contribution in [-0.2, 0) is 0 Å². The Balaban J connectivity index is 2.63. The molecule has 4 nitrogen and oxygen atoms in total. The Hall–Kier alpha value is -1.60. The number of nitrogens with two attached hydrogens (primary N) is 1. The number of anilines is 1. The Morgan fingerprint density at radius 2 is 2.43 bits per heavy atom. The van der Waals surface area contributed by atoms with Crippen molar-refractivity contribution >= 4 is 5.82 Å².